The molecule has 3 nitrogen and oxygen atoms in total. The summed E-state index contributed by atoms with van der Waals surface area (Å²) in [5.41, 5.74) is 0. The fourth-order valence-electron chi connectivity index (χ4n) is 0.882. The zero-order valence-electron chi connectivity index (χ0n) is 7.29. The van der Waals surface area contributed by atoms with Gasteiger partial charge in [-0.25, -0.2) is 0 Å². The Morgan fingerprint density at radius 2 is 1.91 bits per heavy atom. The Hall–Kier alpha value is 0.0700. The van der Waals surface area contributed by atoms with Gasteiger partial charge < -0.3 is 0 Å². The third kappa shape index (κ3) is 5.35. The van der Waals surface area contributed by atoms with Crippen molar-refractivity contribution in [1.82, 2.24) is 4.31 Å². The van der Waals surface area contributed by atoms with Gasteiger partial charge in [-0.2, -0.15) is 4.55 Å². The molecule has 1 unspecified atom stereocenters. The second-order valence-corrected chi connectivity index (χ2v) is 3.63. The monoisotopic (exact) mass is 180 g/mol. The van der Waals surface area contributed by atoms with Gasteiger partial charge in [0.05, 0.1) is 0 Å². The first kappa shape index (κ1) is 11.1. The number of nitrogens with zero attached hydrogens (tertiary/aromatic N) is 1. The largest absolute Gasteiger partial charge is 0.278 e. The van der Waals surface area contributed by atoms with Crippen LogP contribution < -0.4 is 0 Å². The Kier molecular flexibility index (Phi) is 6.80. The molecule has 0 saturated carbocycles. The van der Waals surface area contributed by atoms with Crippen molar-refractivity contribution in [3.63, 3.8) is 0 Å². The number of hydrogen-bond donors (Lipinski definition) is 1. The van der Waals surface area contributed by atoms with Gasteiger partial charge in [-0.05, 0) is 17.1 Å². The first-order chi connectivity index (χ1) is 5.22. The van der Waals surface area contributed by atoms with Crippen molar-refractivity contribution >= 4 is 11.3 Å². The molecule has 0 aromatic rings. The lowest BCUT2D eigenvalue weighted by Gasteiger charge is -2.09. The van der Waals surface area contributed by atoms with Crippen LogP contribution in [0.1, 0.15) is 33.1 Å². The molecule has 0 saturated heterocycles. The van der Waals surface area contributed by atoms with Gasteiger partial charge in [0.2, 0.25) is 0 Å². The molecule has 0 spiro atoms. The van der Waals surface area contributed by atoms with Gasteiger partial charge in [0.25, 0.3) is 11.3 Å². The van der Waals surface area contributed by atoms with Crippen molar-refractivity contribution < 1.29 is 8.76 Å². The van der Waals surface area contributed by atoms with Crippen LogP contribution in [0.25, 0.3) is 0 Å². The first-order valence-electron chi connectivity index (χ1n) is 4.13. The molecule has 0 aromatic heterocycles. The van der Waals surface area contributed by atoms with Gasteiger partial charge in [0.15, 0.2) is 0 Å². The van der Waals surface area contributed by atoms with Crippen LogP contribution in [-0.4, -0.2) is 21.9 Å². The molecule has 68 valence electrons. The molecule has 0 aliphatic carbocycles. The summed E-state index contributed by atoms with van der Waals surface area (Å²) in [5, 5.41) is 0. The molecule has 0 heterocycles. The minimum atomic E-state index is -2.10. The highest BCUT2D eigenvalue weighted by Crippen LogP contribution is 1.98. The molecule has 0 radical (unpaired) electrons. The smallest absolute Gasteiger partial charge is 0.170 e. The zero-order valence-corrected chi connectivity index (χ0v) is 8.18. The molecule has 0 aromatic carbocycles. The van der Waals surface area contributed by atoms with Crippen molar-refractivity contribution in [2.75, 3.05) is 13.1 Å². The Morgan fingerprint density at radius 1 is 1.27 bits per heavy atom. The molecule has 11 heavy (non-hydrogen) atoms. The van der Waals surface area contributed by atoms with E-state index in [0.717, 1.165) is 32.4 Å². The molecular weight excluding hydrogens is 162 g/mol. The van der Waals surface area contributed by atoms with Gasteiger partial charge in [0.1, 0.15) is 0 Å². The molecule has 0 bridgehead atoms. The van der Waals surface area contributed by atoms with Crippen LogP contribution in [0.2, 0.25) is 0 Å². The third-order valence-corrected chi connectivity index (χ3v) is 2.38. The first-order valence-corrected chi connectivity index (χ1v) is 5.29. The van der Waals surface area contributed by atoms with Crippen molar-refractivity contribution in [3.8, 4) is 0 Å². The van der Waals surface area contributed by atoms with Crippen molar-refractivity contribution in [2.45, 2.75) is 33.1 Å². The molecule has 1 N–H and O–H groups in total. The lowest BCUT2D eigenvalue weighted by Crippen LogP contribution is -2.26. The highest BCUT2D eigenvalue weighted by atomic mass is 32.2. The quantitative estimate of drug-likeness (QED) is 0.498. The molecule has 4 heteroatoms. The van der Waals surface area contributed by atoms with E-state index in [4.69, 9.17) is 4.55 Å². The van der Waals surface area contributed by atoms with Gasteiger partial charge >= 0.3 is 0 Å². The summed E-state index contributed by atoms with van der Waals surface area (Å²) < 4.78 is 21.1. The van der Waals surface area contributed by atoms with Gasteiger partial charge in [-0.1, -0.05) is 24.6 Å². The number of unbranched alkanes of at least 4 members (excludes halogenated alkanes) is 1. The average Bonchev–Trinajstić information content (AvgIpc) is 1.97. The summed E-state index contributed by atoms with van der Waals surface area (Å²) in [7, 11) is 0. The summed E-state index contributed by atoms with van der Waals surface area (Å²) in [6, 6.07) is 0. The van der Waals surface area contributed by atoms with Crippen LogP contribution in [0.4, 0.5) is 0 Å². The topological polar surface area (TPSA) is 40.5 Å². The highest BCUT2D eigenvalue weighted by Gasteiger charge is 2.13. The molecule has 1 atom stereocenters. The van der Waals surface area contributed by atoms with Crippen LogP contribution in [0.3, 0.4) is 0 Å². The Labute approximate surface area is 71.2 Å². The summed E-state index contributed by atoms with van der Waals surface area (Å²) >= 11 is -2.10. The normalized spacial score (nSPS) is 13.8. The van der Waals surface area contributed by atoms with E-state index >= 15 is 0 Å². The number of hydrogen-bond acceptors (Lipinski definition) is 1. The fraction of sp³-hybridized carbons (Fsp3) is 1.00. The second kappa shape index (κ2) is 6.76. The number of thiol groups is 1. The van der Waals surface area contributed by atoms with Crippen molar-refractivity contribution in [2.24, 2.45) is 0 Å². The van der Waals surface area contributed by atoms with Crippen LogP contribution in [-0.2, 0) is 15.5 Å². The van der Waals surface area contributed by atoms with E-state index in [9.17, 15) is 4.21 Å². The Balaban J connectivity index is 3.60. The third-order valence-electron chi connectivity index (χ3n) is 1.49. The molecular formula is C7H18NO2S+. The van der Waals surface area contributed by atoms with E-state index in [0.29, 0.717) is 0 Å². The van der Waals surface area contributed by atoms with Crippen molar-refractivity contribution in [3.05, 3.63) is 0 Å². The minimum Gasteiger partial charge on any atom is -0.170 e. The zero-order chi connectivity index (χ0) is 8.69. The van der Waals surface area contributed by atoms with Crippen LogP contribution in [0.15, 0.2) is 0 Å². The van der Waals surface area contributed by atoms with E-state index in [1.165, 1.54) is 0 Å². The van der Waals surface area contributed by atoms with Crippen LogP contribution in [0.5, 0.6) is 0 Å². The molecule has 0 aliphatic heterocycles. The van der Waals surface area contributed by atoms with Gasteiger partial charge in [0, 0.05) is 13.1 Å². The molecule has 0 aliphatic rings. The van der Waals surface area contributed by atoms with Crippen LogP contribution >= 0.6 is 0 Å². The Bertz CT molecular complexity index is 119. The van der Waals surface area contributed by atoms with E-state index < -0.39 is 11.3 Å². The lowest BCUT2D eigenvalue weighted by molar-refractivity contribution is 0.377. The minimum absolute atomic E-state index is 0.728. The average molecular weight is 180 g/mol. The van der Waals surface area contributed by atoms with Crippen LogP contribution in [0, 0.1) is 0 Å². The predicted octanol–water partition coefficient (Wildman–Crippen LogP) is 1.58. The van der Waals surface area contributed by atoms with Gasteiger partial charge in [-0.3, -0.25) is 0 Å². The number of rotatable bonds is 6. The highest BCUT2D eigenvalue weighted by molar-refractivity contribution is 7.76. The van der Waals surface area contributed by atoms with Crippen molar-refractivity contribution in [1.29, 1.82) is 0 Å². The summed E-state index contributed by atoms with van der Waals surface area (Å²) in [5.74, 6) is 0. The van der Waals surface area contributed by atoms with E-state index in [1.807, 2.05) is 6.92 Å². The van der Waals surface area contributed by atoms with Gasteiger partial charge in [-0.15, -0.1) is 0 Å². The second-order valence-electron chi connectivity index (χ2n) is 2.56. The van der Waals surface area contributed by atoms with E-state index in [2.05, 4.69) is 6.92 Å². The SMILES string of the molecule is CCCCN(CCC)[SH+](=O)O. The molecule has 0 amide bonds. The summed E-state index contributed by atoms with van der Waals surface area (Å²) in [6.07, 6.45) is 3.01. The summed E-state index contributed by atoms with van der Waals surface area (Å²) in [6.45, 7) is 5.56. The maximum Gasteiger partial charge on any atom is 0.278 e. The molecule has 0 rings (SSSR count). The fourth-order valence-corrected chi connectivity index (χ4v) is 1.57. The van der Waals surface area contributed by atoms with E-state index in [-0.39, 0.29) is 0 Å². The molecule has 0 fully saturated rings. The lowest BCUT2D eigenvalue weighted by atomic mass is 10.3. The maximum absolute atomic E-state index is 10.7. The predicted molar refractivity (Wildman–Crippen MR) is 48.8 cm³/mol. The standard InChI is InChI=1S/C7H17NO2S/c1-3-5-7-8(6-4-2)11(9)10/h3-7H2,1-2H3,(H,9,10)/p+1. The maximum atomic E-state index is 10.7. The van der Waals surface area contributed by atoms with E-state index in [1.54, 1.807) is 4.31 Å². The Morgan fingerprint density at radius 3 is 2.27 bits per heavy atom. The summed E-state index contributed by atoms with van der Waals surface area (Å²) in [4.78, 5) is 0.